The number of hydrogen-bond acceptors (Lipinski definition) is 5. The number of rotatable bonds is 7. The molecular weight excluding hydrogens is 516 g/mol. The van der Waals surface area contributed by atoms with Crippen LogP contribution in [0.25, 0.3) is 10.8 Å². The molecule has 11 heteroatoms. The second-order valence-corrected chi connectivity index (χ2v) is 16.5. The molecule has 0 saturated heterocycles. The Kier molecular flexibility index (Phi) is 8.90. The lowest BCUT2D eigenvalue weighted by Crippen LogP contribution is -2.43. The standard InChI is InChI=1S/C25H30F4O5SSi/c1-8-33-24(30)19-13-18-9-10-21(26)20(11-12-36(15(2)3,16(4)5)17(6)7)23(18)22(14-19)34-35(31,32)25(27,28)29/h9-10,13-17H,8H2,1-7H3. The summed E-state index contributed by atoms with van der Waals surface area (Å²) < 4.78 is 87.6. The van der Waals surface area contributed by atoms with Crippen molar-refractivity contribution >= 4 is 34.9 Å². The summed E-state index contributed by atoms with van der Waals surface area (Å²) in [5.41, 5.74) is -2.46. The molecule has 0 fully saturated rings. The number of benzene rings is 2. The van der Waals surface area contributed by atoms with Crippen LogP contribution in [0, 0.1) is 17.3 Å². The number of ether oxygens (including phenoxy) is 1. The lowest BCUT2D eigenvalue weighted by Gasteiger charge is -2.38. The zero-order valence-corrected chi connectivity index (χ0v) is 23.0. The summed E-state index contributed by atoms with van der Waals surface area (Å²) in [6.45, 7) is 13.7. The third-order valence-electron chi connectivity index (χ3n) is 6.29. The molecule has 2 rings (SSSR count). The molecule has 0 aliphatic carbocycles. The van der Waals surface area contributed by atoms with E-state index in [-0.39, 0.29) is 45.1 Å². The first-order chi connectivity index (χ1) is 16.5. The van der Waals surface area contributed by atoms with Gasteiger partial charge in [0.25, 0.3) is 0 Å². The fraction of sp³-hybridized carbons (Fsp3) is 0.480. The lowest BCUT2D eigenvalue weighted by atomic mass is 10.0. The fourth-order valence-corrected chi connectivity index (χ4v) is 10.4. The van der Waals surface area contributed by atoms with Crippen LogP contribution in [0.1, 0.15) is 64.4 Å². The lowest BCUT2D eigenvalue weighted by molar-refractivity contribution is -0.0499. The van der Waals surface area contributed by atoms with E-state index >= 15 is 4.39 Å². The Morgan fingerprint density at radius 1 is 1.03 bits per heavy atom. The van der Waals surface area contributed by atoms with Crippen LogP contribution in [-0.2, 0) is 14.9 Å². The van der Waals surface area contributed by atoms with Crippen molar-refractivity contribution < 1.29 is 39.7 Å². The average Bonchev–Trinajstić information content (AvgIpc) is 2.73. The van der Waals surface area contributed by atoms with Crippen LogP contribution in [0.4, 0.5) is 17.6 Å². The minimum atomic E-state index is -6.12. The van der Waals surface area contributed by atoms with Crippen molar-refractivity contribution in [3.63, 3.8) is 0 Å². The zero-order valence-electron chi connectivity index (χ0n) is 21.2. The van der Waals surface area contributed by atoms with Crippen molar-refractivity contribution in [2.75, 3.05) is 6.61 Å². The molecule has 0 heterocycles. The molecule has 0 aliphatic heterocycles. The van der Waals surface area contributed by atoms with E-state index < -0.39 is 41.2 Å². The molecule has 198 valence electrons. The summed E-state index contributed by atoms with van der Waals surface area (Å²) >= 11 is 0. The first-order valence-corrected chi connectivity index (χ1v) is 15.1. The highest BCUT2D eigenvalue weighted by Gasteiger charge is 2.49. The third-order valence-corrected chi connectivity index (χ3v) is 13.6. The summed E-state index contributed by atoms with van der Waals surface area (Å²) in [5, 5.41) is -0.202. The molecule has 0 N–H and O–H groups in total. The molecule has 2 aromatic carbocycles. The van der Waals surface area contributed by atoms with Gasteiger partial charge in [0.15, 0.2) is 5.75 Å². The predicted octanol–water partition coefficient (Wildman–Crippen LogP) is 6.95. The zero-order chi connectivity index (χ0) is 27.6. The number of fused-ring (bicyclic) bond motifs is 1. The first kappa shape index (κ1) is 29.6. The summed E-state index contributed by atoms with van der Waals surface area (Å²) in [6, 6.07) is 4.34. The van der Waals surface area contributed by atoms with Crippen molar-refractivity contribution in [1.29, 1.82) is 0 Å². The average molecular weight is 547 g/mol. The fourth-order valence-electron chi connectivity index (χ4n) is 4.69. The summed E-state index contributed by atoms with van der Waals surface area (Å²) in [6.07, 6.45) is 0. The van der Waals surface area contributed by atoms with Gasteiger partial charge in [0.1, 0.15) is 13.9 Å². The van der Waals surface area contributed by atoms with Crippen LogP contribution < -0.4 is 4.18 Å². The van der Waals surface area contributed by atoms with Gasteiger partial charge in [-0.15, -0.1) is 5.54 Å². The van der Waals surface area contributed by atoms with Crippen LogP contribution in [0.15, 0.2) is 24.3 Å². The van der Waals surface area contributed by atoms with Gasteiger partial charge < -0.3 is 8.92 Å². The normalized spacial score (nSPS) is 12.7. The van der Waals surface area contributed by atoms with Gasteiger partial charge in [-0.05, 0) is 47.1 Å². The summed E-state index contributed by atoms with van der Waals surface area (Å²) in [4.78, 5) is 12.3. The second-order valence-electron chi connectivity index (χ2n) is 9.35. The Labute approximate surface area is 210 Å². The maximum Gasteiger partial charge on any atom is 0.534 e. The van der Waals surface area contributed by atoms with Crippen LogP contribution in [0.3, 0.4) is 0 Å². The molecular formula is C25H30F4O5SSi. The Bertz CT molecular complexity index is 1280. The minimum absolute atomic E-state index is 0.0274. The molecule has 0 bridgehead atoms. The van der Waals surface area contributed by atoms with Gasteiger partial charge in [-0.1, -0.05) is 53.5 Å². The molecule has 0 saturated carbocycles. The number of hydrogen-bond donors (Lipinski definition) is 0. The van der Waals surface area contributed by atoms with Crippen LogP contribution in [-0.4, -0.2) is 34.6 Å². The molecule has 2 aromatic rings. The summed E-state index contributed by atoms with van der Waals surface area (Å²) in [7, 11) is -8.52. The molecule has 0 amide bonds. The van der Waals surface area contributed by atoms with E-state index in [0.29, 0.717) is 0 Å². The molecule has 0 unspecified atom stereocenters. The molecule has 0 spiro atoms. The first-order valence-electron chi connectivity index (χ1n) is 11.5. The molecule has 5 nitrogen and oxygen atoms in total. The Balaban J connectivity index is 2.97. The van der Waals surface area contributed by atoms with Gasteiger partial charge in [-0.25, -0.2) is 9.18 Å². The number of carbonyl (C=O) groups is 1. The highest BCUT2D eigenvalue weighted by atomic mass is 32.2. The van der Waals surface area contributed by atoms with Gasteiger partial charge in [0.2, 0.25) is 0 Å². The summed E-state index contributed by atoms with van der Waals surface area (Å²) in [5.74, 6) is 0.225. The van der Waals surface area contributed by atoms with Crippen LogP contribution >= 0.6 is 0 Å². The molecule has 0 radical (unpaired) electrons. The van der Waals surface area contributed by atoms with Crippen LogP contribution in [0.2, 0.25) is 16.6 Å². The number of esters is 1. The molecule has 36 heavy (non-hydrogen) atoms. The van der Waals surface area contributed by atoms with Crippen molar-refractivity contribution in [3.05, 3.63) is 41.2 Å². The van der Waals surface area contributed by atoms with E-state index in [0.717, 1.165) is 12.1 Å². The van der Waals surface area contributed by atoms with E-state index in [1.165, 1.54) is 19.1 Å². The third kappa shape index (κ3) is 5.70. The topological polar surface area (TPSA) is 69.7 Å². The van der Waals surface area contributed by atoms with Crippen molar-refractivity contribution in [2.45, 2.75) is 70.6 Å². The number of carbonyl (C=O) groups excluding carboxylic acids is 1. The highest BCUT2D eigenvalue weighted by molar-refractivity contribution is 7.88. The van der Waals surface area contributed by atoms with Crippen molar-refractivity contribution in [3.8, 4) is 17.2 Å². The van der Waals surface area contributed by atoms with Crippen molar-refractivity contribution in [1.82, 2.24) is 0 Å². The number of halogens is 4. The van der Waals surface area contributed by atoms with Gasteiger partial charge in [-0.2, -0.15) is 21.6 Å². The highest BCUT2D eigenvalue weighted by Crippen LogP contribution is 2.41. The van der Waals surface area contributed by atoms with Gasteiger partial charge >= 0.3 is 21.6 Å². The maximum atomic E-state index is 15.1. The smallest absolute Gasteiger partial charge is 0.462 e. The van der Waals surface area contributed by atoms with Gasteiger partial charge in [0, 0.05) is 5.39 Å². The van der Waals surface area contributed by atoms with E-state index in [9.17, 15) is 26.4 Å². The largest absolute Gasteiger partial charge is 0.534 e. The van der Waals surface area contributed by atoms with Crippen molar-refractivity contribution in [2.24, 2.45) is 0 Å². The predicted molar refractivity (Wildman–Crippen MR) is 133 cm³/mol. The Hall–Kier alpha value is -2.58. The maximum absolute atomic E-state index is 15.1. The van der Waals surface area contributed by atoms with Gasteiger partial charge in [0.05, 0.1) is 17.7 Å². The Morgan fingerprint density at radius 2 is 1.58 bits per heavy atom. The Morgan fingerprint density at radius 3 is 2.06 bits per heavy atom. The SMILES string of the molecule is CCOC(=O)c1cc(OS(=O)(=O)C(F)(F)F)c2c(C#C[Si](C(C)C)(C(C)C)C(C)C)c(F)ccc2c1. The van der Waals surface area contributed by atoms with E-state index in [1.54, 1.807) is 0 Å². The monoisotopic (exact) mass is 546 g/mol. The quantitative estimate of drug-likeness (QED) is 0.0938. The van der Waals surface area contributed by atoms with Gasteiger partial charge in [-0.3, -0.25) is 0 Å². The molecule has 0 aliphatic rings. The van der Waals surface area contributed by atoms with Crippen LogP contribution in [0.5, 0.6) is 5.75 Å². The molecule has 0 aromatic heterocycles. The van der Waals surface area contributed by atoms with E-state index in [2.05, 4.69) is 15.6 Å². The second kappa shape index (κ2) is 10.8. The van der Waals surface area contributed by atoms with E-state index in [4.69, 9.17) is 4.74 Å². The molecule has 0 atom stereocenters. The minimum Gasteiger partial charge on any atom is -0.462 e. The van der Waals surface area contributed by atoms with E-state index in [1.807, 2.05) is 41.5 Å². The number of alkyl halides is 3.